The molecule has 0 radical (unpaired) electrons. The lowest BCUT2D eigenvalue weighted by molar-refractivity contribution is -0.123. The molecule has 0 heterocycles. The van der Waals surface area contributed by atoms with Crippen molar-refractivity contribution in [3.63, 3.8) is 0 Å². The molecule has 1 rings (SSSR count). The van der Waals surface area contributed by atoms with Gasteiger partial charge in [0.2, 0.25) is 0 Å². The summed E-state index contributed by atoms with van der Waals surface area (Å²) in [6.07, 6.45) is -3.42. The number of halogens is 4. The maximum Gasteiger partial charge on any atom is 0.324 e. The van der Waals surface area contributed by atoms with Crippen LogP contribution in [-0.2, 0) is 6.42 Å². The van der Waals surface area contributed by atoms with E-state index in [1.807, 2.05) is 5.32 Å². The lowest BCUT2D eigenvalue weighted by Gasteiger charge is -2.16. The number of benzene rings is 1. The third-order valence-electron chi connectivity index (χ3n) is 2.48. The van der Waals surface area contributed by atoms with E-state index in [9.17, 15) is 22.4 Å². The van der Waals surface area contributed by atoms with E-state index in [1.165, 1.54) is 6.07 Å². The minimum atomic E-state index is -4.24. The highest BCUT2D eigenvalue weighted by molar-refractivity contribution is 5.95. The first kappa shape index (κ1) is 15.4. The molecule has 19 heavy (non-hydrogen) atoms. The topological polar surface area (TPSA) is 55.1 Å². The van der Waals surface area contributed by atoms with Gasteiger partial charge in [-0.3, -0.25) is 4.79 Å². The second-order valence-corrected chi connectivity index (χ2v) is 3.94. The van der Waals surface area contributed by atoms with Crippen LogP contribution in [0.15, 0.2) is 24.3 Å². The number of rotatable bonds is 6. The van der Waals surface area contributed by atoms with Crippen LogP contribution in [0.25, 0.3) is 0 Å². The number of hydrogen-bond donors (Lipinski definition) is 2. The molecule has 1 aromatic carbocycles. The molecule has 3 nitrogen and oxygen atoms in total. The summed E-state index contributed by atoms with van der Waals surface area (Å²) in [4.78, 5) is 11.7. The maximum atomic E-state index is 12.7. The highest BCUT2D eigenvalue weighted by atomic mass is 19.3. The molecule has 0 aliphatic rings. The lowest BCUT2D eigenvalue weighted by atomic mass is 10.0. The molecule has 1 aromatic rings. The second kappa shape index (κ2) is 6.51. The summed E-state index contributed by atoms with van der Waals surface area (Å²) in [5, 5.41) is 1.81. The predicted molar refractivity (Wildman–Crippen MR) is 62.5 cm³/mol. The first-order valence-electron chi connectivity index (χ1n) is 5.60. The summed E-state index contributed by atoms with van der Waals surface area (Å²) in [7, 11) is 0. The molecular formula is C12H14F4N2O. The quantitative estimate of drug-likeness (QED) is 0.780. The molecule has 0 spiro atoms. The average molecular weight is 278 g/mol. The summed E-state index contributed by atoms with van der Waals surface area (Å²) >= 11 is 0. The van der Waals surface area contributed by atoms with Crippen molar-refractivity contribution in [2.45, 2.75) is 18.8 Å². The van der Waals surface area contributed by atoms with Crippen molar-refractivity contribution in [2.24, 2.45) is 5.73 Å². The Morgan fingerprint density at radius 1 is 1.32 bits per heavy atom. The maximum absolute atomic E-state index is 12.7. The van der Waals surface area contributed by atoms with Gasteiger partial charge in [0.1, 0.15) is 0 Å². The molecule has 0 atom stereocenters. The highest BCUT2D eigenvalue weighted by Gasteiger charge is 2.40. The van der Waals surface area contributed by atoms with Crippen molar-refractivity contribution in [3.8, 4) is 0 Å². The van der Waals surface area contributed by atoms with Crippen molar-refractivity contribution >= 4 is 5.91 Å². The standard InChI is InChI=1S/C12H14F4N2O/c13-11(14)12(15,16)7-18-10(19)9-4-2-1-3-8(9)5-6-17/h1-4,11H,5-7,17H2,(H,18,19). The van der Waals surface area contributed by atoms with Gasteiger partial charge < -0.3 is 11.1 Å². The Balaban J connectivity index is 2.74. The van der Waals surface area contributed by atoms with Crippen molar-refractivity contribution < 1.29 is 22.4 Å². The zero-order valence-electron chi connectivity index (χ0n) is 10.0. The Morgan fingerprint density at radius 2 is 1.95 bits per heavy atom. The number of nitrogens with two attached hydrogens (primary N) is 1. The fourth-order valence-electron chi connectivity index (χ4n) is 1.49. The molecule has 3 N–H and O–H groups in total. The van der Waals surface area contributed by atoms with Crippen LogP contribution >= 0.6 is 0 Å². The first-order valence-corrected chi connectivity index (χ1v) is 5.60. The van der Waals surface area contributed by atoms with E-state index in [2.05, 4.69) is 0 Å². The van der Waals surface area contributed by atoms with Gasteiger partial charge in [0.05, 0.1) is 6.54 Å². The molecule has 0 aromatic heterocycles. The summed E-state index contributed by atoms with van der Waals surface area (Å²) in [6.45, 7) is -1.11. The Morgan fingerprint density at radius 3 is 2.53 bits per heavy atom. The van der Waals surface area contributed by atoms with Gasteiger partial charge in [0.25, 0.3) is 5.91 Å². The number of carbonyl (C=O) groups is 1. The second-order valence-electron chi connectivity index (χ2n) is 3.94. The zero-order chi connectivity index (χ0) is 14.5. The van der Waals surface area contributed by atoms with Crippen molar-refractivity contribution in [1.29, 1.82) is 0 Å². The van der Waals surface area contributed by atoms with E-state index in [0.29, 0.717) is 12.0 Å². The van der Waals surface area contributed by atoms with Crippen LogP contribution in [0.2, 0.25) is 0 Å². The van der Waals surface area contributed by atoms with E-state index in [-0.39, 0.29) is 12.1 Å². The fraction of sp³-hybridized carbons (Fsp3) is 0.417. The van der Waals surface area contributed by atoms with Gasteiger partial charge in [-0.25, -0.2) is 8.78 Å². The van der Waals surface area contributed by atoms with Crippen LogP contribution in [0.5, 0.6) is 0 Å². The van der Waals surface area contributed by atoms with E-state index < -0.39 is 24.8 Å². The molecule has 0 saturated carbocycles. The number of hydrogen-bond acceptors (Lipinski definition) is 2. The van der Waals surface area contributed by atoms with Gasteiger partial charge in [-0.05, 0) is 24.6 Å². The minimum absolute atomic E-state index is 0.165. The van der Waals surface area contributed by atoms with Crippen LogP contribution in [0, 0.1) is 0 Å². The smallest absolute Gasteiger partial charge is 0.324 e. The van der Waals surface area contributed by atoms with Gasteiger partial charge >= 0.3 is 12.3 Å². The Hall–Kier alpha value is -1.63. The summed E-state index contributed by atoms with van der Waals surface area (Å²) in [6, 6.07) is 6.30. The number of carbonyl (C=O) groups excluding carboxylic acids is 1. The van der Waals surface area contributed by atoms with Gasteiger partial charge in [0.15, 0.2) is 0 Å². The fourth-order valence-corrected chi connectivity index (χ4v) is 1.49. The van der Waals surface area contributed by atoms with Crippen molar-refractivity contribution in [3.05, 3.63) is 35.4 Å². The largest absolute Gasteiger partial charge is 0.346 e. The van der Waals surface area contributed by atoms with Gasteiger partial charge in [-0.2, -0.15) is 8.78 Å². The van der Waals surface area contributed by atoms with Crippen LogP contribution in [0.4, 0.5) is 17.6 Å². The normalized spacial score (nSPS) is 11.7. The van der Waals surface area contributed by atoms with Crippen LogP contribution < -0.4 is 11.1 Å². The van der Waals surface area contributed by atoms with E-state index >= 15 is 0 Å². The molecule has 7 heteroatoms. The SMILES string of the molecule is NCCc1ccccc1C(=O)NCC(F)(F)C(F)F. The predicted octanol–water partition coefficient (Wildman–Crippen LogP) is 1.82. The van der Waals surface area contributed by atoms with E-state index in [1.54, 1.807) is 18.2 Å². The molecule has 1 amide bonds. The first-order chi connectivity index (χ1) is 8.88. The Bertz CT molecular complexity index is 437. The molecular weight excluding hydrogens is 264 g/mol. The number of amides is 1. The zero-order valence-corrected chi connectivity index (χ0v) is 10.0. The molecule has 0 bridgehead atoms. The molecule has 0 aliphatic heterocycles. The minimum Gasteiger partial charge on any atom is -0.346 e. The lowest BCUT2D eigenvalue weighted by Crippen LogP contribution is -2.41. The van der Waals surface area contributed by atoms with Crippen LogP contribution in [0.3, 0.4) is 0 Å². The van der Waals surface area contributed by atoms with Gasteiger partial charge in [-0.15, -0.1) is 0 Å². The third kappa shape index (κ3) is 4.20. The molecule has 106 valence electrons. The van der Waals surface area contributed by atoms with Crippen LogP contribution in [-0.4, -0.2) is 31.3 Å². The number of nitrogens with one attached hydrogen (secondary N) is 1. The van der Waals surface area contributed by atoms with E-state index in [0.717, 1.165) is 0 Å². The van der Waals surface area contributed by atoms with Gasteiger partial charge in [0, 0.05) is 5.56 Å². The Kier molecular flexibility index (Phi) is 5.29. The summed E-state index contributed by atoms with van der Waals surface area (Å²) in [5.41, 5.74) is 6.11. The molecule has 0 saturated heterocycles. The monoisotopic (exact) mass is 278 g/mol. The summed E-state index contributed by atoms with van der Waals surface area (Å²) in [5.74, 6) is -5.05. The Labute approximate surface area is 107 Å². The van der Waals surface area contributed by atoms with Crippen molar-refractivity contribution in [2.75, 3.05) is 13.1 Å². The molecule has 0 fully saturated rings. The average Bonchev–Trinajstić information content (AvgIpc) is 2.37. The summed E-state index contributed by atoms with van der Waals surface area (Å²) < 4.78 is 49.3. The van der Waals surface area contributed by atoms with Gasteiger partial charge in [-0.1, -0.05) is 18.2 Å². The third-order valence-corrected chi connectivity index (χ3v) is 2.48. The van der Waals surface area contributed by atoms with E-state index in [4.69, 9.17) is 5.73 Å². The van der Waals surface area contributed by atoms with Crippen molar-refractivity contribution in [1.82, 2.24) is 5.32 Å². The van der Waals surface area contributed by atoms with Crippen LogP contribution in [0.1, 0.15) is 15.9 Å². The highest BCUT2D eigenvalue weighted by Crippen LogP contribution is 2.21. The number of alkyl halides is 4. The molecule has 0 unspecified atom stereocenters. The molecule has 0 aliphatic carbocycles.